The first-order chi connectivity index (χ1) is 29.9. The fourth-order valence-electron chi connectivity index (χ4n) is 5.21. The first-order valence-electron chi connectivity index (χ1n) is 17.9. The van der Waals surface area contributed by atoms with E-state index < -0.39 is 11.9 Å². The molecule has 4 heterocycles. The summed E-state index contributed by atoms with van der Waals surface area (Å²) in [6, 6.07) is 9.65. The Labute approximate surface area is 369 Å². The zero-order valence-corrected chi connectivity index (χ0v) is 37.1. The van der Waals surface area contributed by atoms with E-state index >= 15 is 0 Å². The van der Waals surface area contributed by atoms with Crippen molar-refractivity contribution in [1.29, 1.82) is 0 Å². The predicted molar refractivity (Wildman–Crippen MR) is 231 cm³/mol. The number of thioether (sulfide) groups is 2. The smallest absolute Gasteiger partial charge is 0.337 e. The fraction of sp³-hybridized carbons (Fsp3) is 0.278. The van der Waals surface area contributed by atoms with Gasteiger partial charge in [-0.05, 0) is 74.0 Å². The fourth-order valence-corrected chi connectivity index (χ4v) is 7.88. The summed E-state index contributed by atoms with van der Waals surface area (Å²) < 4.78 is 23.7. The third-order valence-corrected chi connectivity index (χ3v) is 11.8. The molecule has 4 aromatic heterocycles. The van der Waals surface area contributed by atoms with Gasteiger partial charge >= 0.3 is 11.9 Å². The Balaban J connectivity index is 0.000000235. The first-order valence-corrected chi connectivity index (χ1v) is 21.7. The molecule has 0 saturated heterocycles. The van der Waals surface area contributed by atoms with Crippen molar-refractivity contribution in [1.82, 2.24) is 40.0 Å². The zero-order valence-electron chi connectivity index (χ0n) is 33.9. The van der Waals surface area contributed by atoms with Crippen LogP contribution in [0.15, 0.2) is 65.5 Å². The Hall–Kier alpha value is -6.64. The second-order valence-corrected chi connectivity index (χ2v) is 16.5. The van der Waals surface area contributed by atoms with Gasteiger partial charge in [0.15, 0.2) is 31.7 Å². The lowest BCUT2D eigenvalue weighted by molar-refractivity contribution is -0.130. The van der Waals surface area contributed by atoms with E-state index in [0.717, 1.165) is 20.9 Å². The van der Waals surface area contributed by atoms with Crippen molar-refractivity contribution >= 4 is 104 Å². The third-order valence-electron chi connectivity index (χ3n) is 7.92. The van der Waals surface area contributed by atoms with Crippen molar-refractivity contribution in [2.45, 2.75) is 49.1 Å². The second-order valence-electron chi connectivity index (χ2n) is 12.2. The van der Waals surface area contributed by atoms with Gasteiger partial charge in [-0.3, -0.25) is 9.59 Å². The van der Waals surface area contributed by atoms with Gasteiger partial charge in [0.1, 0.15) is 13.2 Å². The average Bonchev–Trinajstić information content (AvgIpc) is 4.08. The van der Waals surface area contributed by atoms with Gasteiger partial charge < -0.3 is 30.4 Å². The van der Waals surface area contributed by atoms with Gasteiger partial charge in [-0.15, -0.1) is 40.9 Å². The third kappa shape index (κ3) is 11.8. The summed E-state index contributed by atoms with van der Waals surface area (Å²) in [5, 5.41) is 42.2. The van der Waals surface area contributed by atoms with Crippen LogP contribution in [-0.2, 0) is 41.8 Å². The molecule has 0 spiro atoms. The van der Waals surface area contributed by atoms with Crippen molar-refractivity contribution < 1.29 is 38.1 Å². The molecular weight excluding hydrogens is 885 g/mol. The molecule has 0 atom stereocenters. The summed E-state index contributed by atoms with van der Waals surface area (Å²) in [5.74, 6) is 0.299. The molecule has 0 radical (unpaired) electrons. The number of nitrogens with two attached hydrogens (primary N) is 2. The van der Waals surface area contributed by atoms with Crippen molar-refractivity contribution in [3.05, 3.63) is 70.0 Å². The molecule has 0 saturated carbocycles. The van der Waals surface area contributed by atoms with E-state index in [9.17, 15) is 19.2 Å². The van der Waals surface area contributed by atoms with Crippen molar-refractivity contribution in [3.8, 4) is 11.4 Å². The number of carbonyl (C=O) groups is 4. The molecule has 0 amide bonds. The largest absolute Gasteiger partial charge is 0.465 e. The van der Waals surface area contributed by atoms with E-state index in [0.29, 0.717) is 68.5 Å². The summed E-state index contributed by atoms with van der Waals surface area (Å²) in [7, 11) is 2.55. The maximum Gasteiger partial charge on any atom is 0.337 e. The number of aromatic nitrogens is 8. The Morgan fingerprint density at radius 1 is 0.710 bits per heavy atom. The van der Waals surface area contributed by atoms with Crippen LogP contribution in [0, 0.1) is 13.8 Å². The topological polar surface area (TPSA) is 294 Å². The minimum atomic E-state index is -0.549. The lowest BCUT2D eigenvalue weighted by Crippen LogP contribution is -2.08. The number of benzene rings is 2. The molecule has 6 aromatic rings. The summed E-state index contributed by atoms with van der Waals surface area (Å²) in [6.07, 6.45) is 2.93. The maximum absolute atomic E-state index is 12.1. The second kappa shape index (κ2) is 22.3. The molecule has 324 valence electrons. The maximum atomic E-state index is 12.1. The molecule has 0 aliphatic heterocycles. The van der Waals surface area contributed by atoms with Gasteiger partial charge in [0.25, 0.3) is 23.2 Å². The van der Waals surface area contributed by atoms with E-state index in [1.807, 2.05) is 6.26 Å². The highest BCUT2D eigenvalue weighted by atomic mass is 32.2. The molecule has 0 aliphatic rings. The van der Waals surface area contributed by atoms with Gasteiger partial charge in [0.2, 0.25) is 0 Å². The van der Waals surface area contributed by atoms with E-state index in [4.69, 9.17) is 30.4 Å². The van der Waals surface area contributed by atoms with Gasteiger partial charge in [0, 0.05) is 5.75 Å². The van der Waals surface area contributed by atoms with Crippen LogP contribution in [0.25, 0.3) is 11.4 Å². The number of esters is 2. The first kappa shape index (κ1) is 46.4. The van der Waals surface area contributed by atoms with Crippen molar-refractivity contribution in [3.63, 3.8) is 0 Å². The summed E-state index contributed by atoms with van der Waals surface area (Å²) in [6.45, 7) is 6.17. The Morgan fingerprint density at radius 2 is 1.16 bits per heavy atom. The molecule has 26 heteroatoms. The van der Waals surface area contributed by atoms with Crippen LogP contribution in [-0.4, -0.2) is 91.1 Å². The van der Waals surface area contributed by atoms with E-state index in [1.54, 1.807) is 62.0 Å². The van der Waals surface area contributed by atoms with Crippen LogP contribution >= 0.6 is 46.2 Å². The van der Waals surface area contributed by atoms with Gasteiger partial charge in [-0.1, -0.05) is 53.1 Å². The number of aryl methyl sites for hydroxylation is 2. The van der Waals surface area contributed by atoms with Crippen LogP contribution in [0.1, 0.15) is 56.6 Å². The number of rotatable bonds is 18. The molecule has 6 rings (SSSR count). The Morgan fingerprint density at radius 3 is 1.56 bits per heavy atom. The highest BCUT2D eigenvalue weighted by molar-refractivity contribution is 8.01. The number of carbonyl (C=O) groups excluding carboxylic acids is 4. The molecule has 0 bridgehead atoms. The number of anilines is 2. The molecule has 22 nitrogen and oxygen atoms in total. The quantitative estimate of drug-likeness (QED) is 0.0283. The van der Waals surface area contributed by atoms with E-state index in [-0.39, 0.29) is 36.0 Å². The van der Waals surface area contributed by atoms with Gasteiger partial charge in [-0.25, -0.2) is 19.0 Å². The van der Waals surface area contributed by atoms with Crippen LogP contribution in [0.2, 0.25) is 0 Å². The normalized spacial score (nSPS) is 11.1. The molecule has 62 heavy (non-hydrogen) atoms. The highest BCUT2D eigenvalue weighted by Gasteiger charge is 2.19. The number of methoxy groups -OCH3 is 2. The number of hydrogen-bond acceptors (Lipinski definition) is 24. The number of azo groups is 2. The molecule has 0 unspecified atom stereocenters. The Bertz CT molecular complexity index is 2600. The van der Waals surface area contributed by atoms with E-state index in [1.165, 1.54) is 58.0 Å². The number of ether oxygens (including phenoxy) is 4. The van der Waals surface area contributed by atoms with Gasteiger partial charge in [-0.2, -0.15) is 10.2 Å². The summed E-state index contributed by atoms with van der Waals surface area (Å²) in [4.78, 5) is 45.2. The zero-order chi connectivity index (χ0) is 44.8. The number of nitrogens with zero attached hydrogens (tertiary/aromatic N) is 12. The number of hydrogen-bond donors (Lipinski definition) is 2. The Kier molecular flexibility index (Phi) is 16.7. The molecule has 0 aliphatic carbocycles. The minimum Gasteiger partial charge on any atom is -0.465 e. The molecule has 0 fully saturated rings. The van der Waals surface area contributed by atoms with Gasteiger partial charge in [0.05, 0.1) is 48.1 Å². The minimum absolute atomic E-state index is 0.0243. The average molecular weight is 923 g/mol. The standard InChI is InChI=1S/C19H21N7O4S2.C17H17N7O4S2/c1-4-5-31-19-24-23-18(32-19)22-21-15-11(2)25-26(16(15)20)14-7-12(9-30-10-27)6-13(8-14)17(28)29-3;1-9-13(19-20-16-21-22-17(29-3)30-16)14(18)24(23-9)12-5-10(7-28-8-25)4-11(6-12)15(26)27-2/h6-8,10H,4-5,9,20H2,1-3H3;4-6,8H,7,18H2,1-3H3. The summed E-state index contributed by atoms with van der Waals surface area (Å²) in [5.41, 5.74) is 16.9. The predicted octanol–water partition coefficient (Wildman–Crippen LogP) is 7.20. The van der Waals surface area contributed by atoms with Crippen LogP contribution < -0.4 is 11.5 Å². The monoisotopic (exact) mass is 922 g/mol. The summed E-state index contributed by atoms with van der Waals surface area (Å²) >= 11 is 5.72. The van der Waals surface area contributed by atoms with E-state index in [2.05, 4.69) is 58.0 Å². The van der Waals surface area contributed by atoms with Crippen LogP contribution in [0.3, 0.4) is 0 Å². The molecule has 4 N–H and O–H groups in total. The van der Waals surface area contributed by atoms with Crippen molar-refractivity contribution in [2.75, 3.05) is 37.7 Å². The molecular formula is C36H38N14O8S4. The van der Waals surface area contributed by atoms with Crippen LogP contribution in [0.5, 0.6) is 0 Å². The lowest BCUT2D eigenvalue weighted by Gasteiger charge is -2.09. The number of nitrogen functional groups attached to an aromatic ring is 2. The van der Waals surface area contributed by atoms with Crippen LogP contribution in [0.4, 0.5) is 33.3 Å². The highest BCUT2D eigenvalue weighted by Crippen LogP contribution is 2.35. The molecule has 2 aromatic carbocycles. The lowest BCUT2D eigenvalue weighted by atomic mass is 10.1. The van der Waals surface area contributed by atoms with Crippen molar-refractivity contribution in [2.24, 2.45) is 20.5 Å². The SMILES string of the molecule is CCCSc1nnc(N=Nc2c(C)nn(-c3cc(COC=O)cc(C(=O)OC)c3)c2N)s1.COC(=O)c1cc(COC=O)cc(-n2nc(C)c(N=Nc3nnc(SC)s3)c2N)c1.